The summed E-state index contributed by atoms with van der Waals surface area (Å²) in [5, 5.41) is 18.2. The maximum Gasteiger partial charge on any atom is 0.325 e. The van der Waals surface area contributed by atoms with Gasteiger partial charge >= 0.3 is 13.6 Å². The molecule has 1 aromatic carbocycles. The van der Waals surface area contributed by atoms with E-state index in [-0.39, 0.29) is 23.9 Å². The predicted octanol–water partition coefficient (Wildman–Crippen LogP) is 0.197. The Bertz CT molecular complexity index is 497. The Morgan fingerprint density at radius 3 is 2.50 bits per heavy atom. The van der Waals surface area contributed by atoms with Crippen LogP contribution in [0.2, 0.25) is 0 Å². The lowest BCUT2D eigenvalue weighted by atomic mass is 10.0. The Balaban J connectivity index is 2.94. The third-order valence-corrected chi connectivity index (χ3v) is 3.19. The summed E-state index contributed by atoms with van der Waals surface area (Å²) in [5.74, 6) is -1.55. The summed E-state index contributed by atoms with van der Waals surface area (Å²) in [6.07, 6.45) is -0.274. The highest BCUT2D eigenvalue weighted by atomic mass is 31.2. The number of aryl methyl sites for hydroxylation is 1. The summed E-state index contributed by atoms with van der Waals surface area (Å²) >= 11 is 0. The maximum atomic E-state index is 10.7. The average Bonchev–Trinajstić information content (AvgIpc) is 2.25. The fourth-order valence-electron chi connectivity index (χ4n) is 1.42. The van der Waals surface area contributed by atoms with E-state index in [2.05, 4.69) is 0 Å². The Morgan fingerprint density at radius 2 is 2.00 bits per heavy atom. The molecule has 0 saturated heterocycles. The van der Waals surface area contributed by atoms with Gasteiger partial charge in [0.25, 0.3) is 0 Å². The number of benzene rings is 1. The molecule has 0 heterocycles. The highest BCUT2D eigenvalue weighted by Crippen LogP contribution is 2.35. The molecular weight excluding hydrogens is 261 g/mol. The predicted molar refractivity (Wildman–Crippen MR) is 63.3 cm³/mol. The molecule has 8 heteroatoms. The lowest BCUT2D eigenvalue weighted by Crippen LogP contribution is -2.20. The quantitative estimate of drug-likeness (QED) is 0.483. The van der Waals surface area contributed by atoms with Crippen molar-refractivity contribution in [3.8, 4) is 5.75 Å². The molecule has 0 spiro atoms. The zero-order valence-corrected chi connectivity index (χ0v) is 10.2. The molecule has 100 valence electrons. The SMILES string of the molecule is NC(C(=O)O)c1cc(CCP(=O)(O)O)ccc1O. The minimum Gasteiger partial charge on any atom is -0.508 e. The Hall–Kier alpha value is -1.40. The standard InChI is InChI=1S/C10H14NO6P/c11-9(10(13)14)7-5-6(1-2-8(7)12)3-4-18(15,16)17/h1-2,5,9,12H,3-4,11H2,(H,13,14)(H2,15,16,17). The highest BCUT2D eigenvalue weighted by Gasteiger charge is 2.19. The van der Waals surface area contributed by atoms with Crippen LogP contribution in [-0.2, 0) is 15.8 Å². The second-order valence-electron chi connectivity index (χ2n) is 3.85. The van der Waals surface area contributed by atoms with Crippen LogP contribution in [0.4, 0.5) is 0 Å². The molecule has 1 atom stereocenters. The van der Waals surface area contributed by atoms with E-state index in [4.69, 9.17) is 20.6 Å². The van der Waals surface area contributed by atoms with Gasteiger partial charge in [-0.25, -0.2) is 0 Å². The number of rotatable bonds is 5. The van der Waals surface area contributed by atoms with E-state index < -0.39 is 19.6 Å². The van der Waals surface area contributed by atoms with E-state index in [0.29, 0.717) is 5.56 Å². The van der Waals surface area contributed by atoms with Crippen LogP contribution in [0, 0.1) is 0 Å². The van der Waals surface area contributed by atoms with E-state index in [9.17, 15) is 14.5 Å². The minimum absolute atomic E-state index is 0.0192. The molecule has 0 fully saturated rings. The summed E-state index contributed by atoms with van der Waals surface area (Å²) in [6, 6.07) is 2.68. The van der Waals surface area contributed by atoms with Gasteiger partial charge in [-0.15, -0.1) is 0 Å². The summed E-state index contributed by atoms with van der Waals surface area (Å²) in [7, 11) is -4.11. The number of hydrogen-bond donors (Lipinski definition) is 5. The average molecular weight is 275 g/mol. The van der Waals surface area contributed by atoms with Crippen molar-refractivity contribution in [1.29, 1.82) is 0 Å². The van der Waals surface area contributed by atoms with Crippen LogP contribution in [0.25, 0.3) is 0 Å². The third kappa shape index (κ3) is 4.12. The van der Waals surface area contributed by atoms with Gasteiger partial charge in [-0.2, -0.15) is 0 Å². The number of carboxylic acids is 1. The van der Waals surface area contributed by atoms with Gasteiger partial charge in [-0.05, 0) is 24.1 Å². The molecule has 1 rings (SSSR count). The van der Waals surface area contributed by atoms with Gasteiger partial charge in [0.2, 0.25) is 0 Å². The molecule has 0 aliphatic rings. The van der Waals surface area contributed by atoms with Crippen LogP contribution in [0.1, 0.15) is 17.2 Å². The van der Waals surface area contributed by atoms with Crippen LogP contribution in [0.15, 0.2) is 18.2 Å². The zero-order valence-electron chi connectivity index (χ0n) is 9.35. The monoisotopic (exact) mass is 275 g/mol. The highest BCUT2D eigenvalue weighted by molar-refractivity contribution is 7.51. The fraction of sp³-hybridized carbons (Fsp3) is 0.300. The smallest absolute Gasteiger partial charge is 0.325 e. The molecular formula is C10H14NO6P. The topological polar surface area (TPSA) is 141 Å². The van der Waals surface area contributed by atoms with Crippen molar-refractivity contribution in [2.24, 2.45) is 5.73 Å². The lowest BCUT2D eigenvalue weighted by molar-refractivity contribution is -0.138. The van der Waals surface area contributed by atoms with Gasteiger partial charge in [0.05, 0.1) is 6.16 Å². The minimum atomic E-state index is -4.11. The molecule has 0 bridgehead atoms. The van der Waals surface area contributed by atoms with Crippen molar-refractivity contribution in [2.45, 2.75) is 12.5 Å². The number of aromatic hydroxyl groups is 1. The number of carbonyl (C=O) groups is 1. The molecule has 1 aromatic rings. The summed E-state index contributed by atoms with van der Waals surface area (Å²) < 4.78 is 10.7. The molecule has 7 nitrogen and oxygen atoms in total. The summed E-state index contributed by atoms with van der Waals surface area (Å²) in [4.78, 5) is 28.2. The van der Waals surface area contributed by atoms with Crippen LogP contribution in [0.5, 0.6) is 5.75 Å². The Labute approximate surface area is 103 Å². The van der Waals surface area contributed by atoms with Gasteiger partial charge < -0.3 is 25.7 Å². The van der Waals surface area contributed by atoms with Crippen LogP contribution < -0.4 is 5.73 Å². The number of phenols is 1. The fourth-order valence-corrected chi connectivity index (χ4v) is 1.97. The molecule has 0 amide bonds. The number of carboxylic acid groups (broad SMARTS) is 1. The maximum absolute atomic E-state index is 10.7. The van der Waals surface area contributed by atoms with Crippen LogP contribution in [-0.4, -0.2) is 32.1 Å². The van der Waals surface area contributed by atoms with Crippen molar-refractivity contribution in [1.82, 2.24) is 0 Å². The van der Waals surface area contributed by atoms with Crippen LogP contribution in [0.3, 0.4) is 0 Å². The van der Waals surface area contributed by atoms with Crippen molar-refractivity contribution < 1.29 is 29.4 Å². The molecule has 1 unspecified atom stereocenters. The third-order valence-electron chi connectivity index (χ3n) is 2.38. The van der Waals surface area contributed by atoms with E-state index in [0.717, 1.165) is 0 Å². The first-order valence-corrected chi connectivity index (χ1v) is 6.85. The van der Waals surface area contributed by atoms with E-state index in [1.165, 1.54) is 18.2 Å². The van der Waals surface area contributed by atoms with E-state index in [1.807, 2.05) is 0 Å². The van der Waals surface area contributed by atoms with Crippen molar-refractivity contribution >= 4 is 13.6 Å². The molecule has 6 N–H and O–H groups in total. The number of nitrogens with two attached hydrogens (primary N) is 1. The van der Waals surface area contributed by atoms with Gasteiger partial charge in [0, 0.05) is 5.56 Å². The summed E-state index contributed by atoms with van der Waals surface area (Å²) in [6.45, 7) is 0. The number of phenolic OH excluding ortho intramolecular Hbond substituents is 1. The van der Waals surface area contributed by atoms with Crippen molar-refractivity contribution in [3.63, 3.8) is 0 Å². The lowest BCUT2D eigenvalue weighted by Gasteiger charge is -2.11. The molecule has 0 aromatic heterocycles. The first-order valence-electron chi connectivity index (χ1n) is 5.05. The summed E-state index contributed by atoms with van der Waals surface area (Å²) in [5.41, 5.74) is 5.90. The van der Waals surface area contributed by atoms with Crippen LogP contribution >= 0.6 is 7.60 Å². The van der Waals surface area contributed by atoms with Gasteiger partial charge in [-0.3, -0.25) is 9.36 Å². The molecule has 18 heavy (non-hydrogen) atoms. The first kappa shape index (κ1) is 14.7. The van der Waals surface area contributed by atoms with E-state index in [1.54, 1.807) is 0 Å². The van der Waals surface area contributed by atoms with E-state index >= 15 is 0 Å². The number of aliphatic carboxylic acids is 1. The second-order valence-corrected chi connectivity index (χ2v) is 5.62. The molecule has 0 aliphatic carbocycles. The molecule has 0 radical (unpaired) electrons. The zero-order chi connectivity index (χ0) is 13.9. The largest absolute Gasteiger partial charge is 0.508 e. The molecule has 0 aliphatic heterocycles. The van der Waals surface area contributed by atoms with Gasteiger partial charge in [-0.1, -0.05) is 6.07 Å². The Kier molecular flexibility index (Phi) is 4.48. The first-order chi connectivity index (χ1) is 8.20. The van der Waals surface area contributed by atoms with Crippen molar-refractivity contribution in [3.05, 3.63) is 29.3 Å². The Morgan fingerprint density at radius 1 is 1.39 bits per heavy atom. The van der Waals surface area contributed by atoms with Gasteiger partial charge in [0.15, 0.2) is 0 Å². The van der Waals surface area contributed by atoms with Crippen molar-refractivity contribution in [2.75, 3.05) is 6.16 Å². The number of hydrogen-bond acceptors (Lipinski definition) is 4. The molecule has 0 saturated carbocycles. The normalized spacial score (nSPS) is 13.3. The second kappa shape index (κ2) is 5.49. The van der Waals surface area contributed by atoms with Gasteiger partial charge in [0.1, 0.15) is 11.8 Å².